The highest BCUT2D eigenvalue weighted by atomic mass is 79.9. The number of rotatable bonds is 9. The van der Waals surface area contributed by atoms with Crippen LogP contribution in [0.2, 0.25) is 25.7 Å². The van der Waals surface area contributed by atoms with Crippen molar-refractivity contribution in [1.29, 1.82) is 0 Å². The summed E-state index contributed by atoms with van der Waals surface area (Å²) >= 11 is 3.49. The van der Waals surface area contributed by atoms with E-state index in [1.165, 1.54) is 0 Å². The Morgan fingerprint density at radius 1 is 1.17 bits per heavy atom. The van der Waals surface area contributed by atoms with Gasteiger partial charge in [0.1, 0.15) is 19.2 Å². The average Bonchev–Trinajstić information content (AvgIpc) is 3.04. The van der Waals surface area contributed by atoms with Gasteiger partial charge in [0.05, 0.1) is 17.6 Å². The predicted molar refractivity (Wildman–Crippen MR) is 125 cm³/mol. The minimum absolute atomic E-state index is 0.232. The number of fused-ring (bicyclic) bond motifs is 1. The van der Waals surface area contributed by atoms with Gasteiger partial charge in [0, 0.05) is 19.2 Å². The summed E-state index contributed by atoms with van der Waals surface area (Å²) in [7, 11) is -1.15. The maximum absolute atomic E-state index is 12.1. The van der Waals surface area contributed by atoms with Crippen LogP contribution in [0.1, 0.15) is 11.4 Å². The Kier molecular flexibility index (Phi) is 7.68. The molecule has 0 saturated heterocycles. The molecule has 0 atom stereocenters. The lowest BCUT2D eigenvalue weighted by Gasteiger charge is -2.16. The third-order valence-corrected chi connectivity index (χ3v) is 6.81. The van der Waals surface area contributed by atoms with E-state index in [9.17, 15) is 4.79 Å². The summed E-state index contributed by atoms with van der Waals surface area (Å²) in [6.45, 7) is 8.61. The van der Waals surface area contributed by atoms with Gasteiger partial charge in [-0.2, -0.15) is 0 Å². The number of imidazole rings is 1. The second-order valence-electron chi connectivity index (χ2n) is 8.35. The largest absolute Gasteiger partial charge is 0.445 e. The van der Waals surface area contributed by atoms with E-state index < -0.39 is 14.2 Å². The molecule has 0 fully saturated rings. The van der Waals surface area contributed by atoms with Crippen LogP contribution in [0.25, 0.3) is 11.0 Å². The lowest BCUT2D eigenvalue weighted by atomic mass is 10.2. The van der Waals surface area contributed by atoms with Crippen molar-refractivity contribution in [2.24, 2.45) is 0 Å². The Morgan fingerprint density at radius 3 is 2.67 bits per heavy atom. The van der Waals surface area contributed by atoms with E-state index in [1.807, 2.05) is 53.1 Å². The molecule has 0 aliphatic heterocycles. The van der Waals surface area contributed by atoms with E-state index in [2.05, 4.69) is 45.9 Å². The molecule has 2 aromatic carbocycles. The number of carbonyl (C=O) groups excluding carboxylic acids is 1. The Labute approximate surface area is 186 Å². The second-order valence-corrected chi connectivity index (χ2v) is 14.9. The van der Waals surface area contributed by atoms with Crippen LogP contribution in [-0.2, 0) is 29.4 Å². The molecule has 0 unspecified atom stereocenters. The van der Waals surface area contributed by atoms with Crippen LogP contribution in [0.15, 0.2) is 53.0 Å². The van der Waals surface area contributed by atoms with E-state index in [0.29, 0.717) is 6.73 Å². The Hall–Kier alpha value is -2.16. The fourth-order valence-electron chi connectivity index (χ4n) is 2.89. The predicted octanol–water partition coefficient (Wildman–Crippen LogP) is 5.54. The zero-order valence-corrected chi connectivity index (χ0v) is 20.2. The van der Waals surface area contributed by atoms with Crippen molar-refractivity contribution >= 4 is 41.1 Å². The van der Waals surface area contributed by atoms with Gasteiger partial charge in [0.2, 0.25) is 0 Å². The molecule has 0 radical (unpaired) electrons. The SMILES string of the molecule is C[Si](C)(C)CCOCn1c(CNC(=O)OCc2ccccc2)nc2cc(Br)ccc21. The van der Waals surface area contributed by atoms with Crippen molar-refractivity contribution in [2.45, 2.75) is 45.6 Å². The van der Waals surface area contributed by atoms with Crippen molar-refractivity contribution in [3.8, 4) is 0 Å². The molecule has 160 valence electrons. The zero-order chi connectivity index (χ0) is 21.6. The number of nitrogens with zero attached hydrogens (tertiary/aromatic N) is 2. The number of hydrogen-bond acceptors (Lipinski definition) is 4. The number of benzene rings is 2. The number of hydrogen-bond donors (Lipinski definition) is 1. The number of ether oxygens (including phenoxy) is 2. The molecule has 0 aliphatic carbocycles. The van der Waals surface area contributed by atoms with Gasteiger partial charge < -0.3 is 19.4 Å². The van der Waals surface area contributed by atoms with Gasteiger partial charge in [-0.3, -0.25) is 0 Å². The number of carbonyl (C=O) groups is 1. The van der Waals surface area contributed by atoms with Gasteiger partial charge >= 0.3 is 6.09 Å². The first-order chi connectivity index (χ1) is 14.3. The van der Waals surface area contributed by atoms with Crippen molar-refractivity contribution in [3.63, 3.8) is 0 Å². The number of aromatic nitrogens is 2. The number of alkyl carbamates (subject to hydrolysis) is 1. The van der Waals surface area contributed by atoms with E-state index in [1.54, 1.807) is 0 Å². The van der Waals surface area contributed by atoms with Crippen LogP contribution in [0.4, 0.5) is 4.79 Å². The molecule has 1 amide bonds. The number of halogens is 1. The first-order valence-electron chi connectivity index (χ1n) is 9.99. The first-order valence-corrected chi connectivity index (χ1v) is 14.5. The molecule has 8 heteroatoms. The molecule has 1 aromatic heterocycles. The summed E-state index contributed by atoms with van der Waals surface area (Å²) in [5.74, 6) is 0.729. The number of amides is 1. The van der Waals surface area contributed by atoms with Gasteiger partial charge in [-0.25, -0.2) is 9.78 Å². The van der Waals surface area contributed by atoms with Crippen LogP contribution in [0.5, 0.6) is 0 Å². The van der Waals surface area contributed by atoms with E-state index >= 15 is 0 Å². The molecule has 3 aromatic rings. The third kappa shape index (κ3) is 6.68. The Balaban J connectivity index is 1.63. The minimum Gasteiger partial charge on any atom is -0.445 e. The van der Waals surface area contributed by atoms with Crippen molar-refractivity contribution in [2.75, 3.05) is 6.61 Å². The van der Waals surface area contributed by atoms with Crippen LogP contribution in [0, 0.1) is 0 Å². The highest BCUT2D eigenvalue weighted by Crippen LogP contribution is 2.21. The molecule has 6 nitrogen and oxygen atoms in total. The normalized spacial score (nSPS) is 11.6. The van der Waals surface area contributed by atoms with Gasteiger partial charge in [-0.05, 0) is 29.8 Å². The quantitative estimate of drug-likeness (QED) is 0.316. The van der Waals surface area contributed by atoms with Crippen LogP contribution in [0.3, 0.4) is 0 Å². The Morgan fingerprint density at radius 2 is 1.93 bits per heavy atom. The zero-order valence-electron chi connectivity index (χ0n) is 17.7. The van der Waals surface area contributed by atoms with Gasteiger partial charge in [-0.1, -0.05) is 65.9 Å². The highest BCUT2D eigenvalue weighted by molar-refractivity contribution is 9.10. The van der Waals surface area contributed by atoms with Gasteiger partial charge in [-0.15, -0.1) is 0 Å². The van der Waals surface area contributed by atoms with Crippen molar-refractivity contribution in [1.82, 2.24) is 14.9 Å². The topological polar surface area (TPSA) is 65.4 Å². The highest BCUT2D eigenvalue weighted by Gasteiger charge is 2.15. The summed E-state index contributed by atoms with van der Waals surface area (Å²) in [5, 5.41) is 2.79. The smallest absolute Gasteiger partial charge is 0.407 e. The Bertz CT molecular complexity index is 986. The average molecular weight is 490 g/mol. The molecular formula is C22H28BrN3O3Si. The molecule has 30 heavy (non-hydrogen) atoms. The lowest BCUT2D eigenvalue weighted by Crippen LogP contribution is -2.26. The van der Waals surface area contributed by atoms with Gasteiger partial charge in [0.15, 0.2) is 0 Å². The molecule has 1 N–H and O–H groups in total. The molecular weight excluding hydrogens is 462 g/mol. The summed E-state index contributed by atoms with van der Waals surface area (Å²) in [6, 6.07) is 16.6. The maximum Gasteiger partial charge on any atom is 0.407 e. The van der Waals surface area contributed by atoms with Crippen LogP contribution in [-0.4, -0.2) is 30.3 Å². The van der Waals surface area contributed by atoms with Crippen molar-refractivity contribution < 1.29 is 14.3 Å². The van der Waals surface area contributed by atoms with Crippen molar-refractivity contribution in [3.05, 3.63) is 64.4 Å². The lowest BCUT2D eigenvalue weighted by molar-refractivity contribution is 0.0873. The van der Waals surface area contributed by atoms with E-state index in [4.69, 9.17) is 9.47 Å². The minimum atomic E-state index is -1.15. The summed E-state index contributed by atoms with van der Waals surface area (Å²) < 4.78 is 14.2. The first kappa shape index (κ1) is 22.5. The summed E-state index contributed by atoms with van der Waals surface area (Å²) in [6.07, 6.45) is -0.474. The number of nitrogens with one attached hydrogen (secondary N) is 1. The molecule has 1 heterocycles. The van der Waals surface area contributed by atoms with E-state index in [-0.39, 0.29) is 13.2 Å². The third-order valence-electron chi connectivity index (χ3n) is 4.61. The molecule has 0 spiro atoms. The molecule has 0 saturated carbocycles. The van der Waals surface area contributed by atoms with Gasteiger partial charge in [0.25, 0.3) is 0 Å². The molecule has 3 rings (SSSR count). The van der Waals surface area contributed by atoms with Crippen LogP contribution < -0.4 is 5.32 Å². The standard InChI is InChI=1S/C22H28BrN3O3Si/c1-30(2,3)12-11-28-16-26-20-10-9-18(23)13-19(20)25-21(26)14-24-22(27)29-15-17-7-5-4-6-8-17/h4-10,13H,11-12,14-16H2,1-3H3,(H,24,27). The maximum atomic E-state index is 12.1. The molecule has 0 bridgehead atoms. The monoisotopic (exact) mass is 489 g/mol. The summed E-state index contributed by atoms with van der Waals surface area (Å²) in [4.78, 5) is 16.8. The fourth-order valence-corrected chi connectivity index (χ4v) is 4.00. The van der Waals surface area contributed by atoms with E-state index in [0.717, 1.165) is 39.5 Å². The fraction of sp³-hybridized carbons (Fsp3) is 0.364. The molecule has 0 aliphatic rings. The second kappa shape index (κ2) is 10.2. The summed E-state index contributed by atoms with van der Waals surface area (Å²) in [5.41, 5.74) is 2.77. The van der Waals surface area contributed by atoms with Crippen LogP contribution >= 0.6 is 15.9 Å².